The number of β-amino-alcohol motifs (C(OH)–C–C–N with tert-alkyl or cyclic N) is 1. The predicted molar refractivity (Wildman–Crippen MR) is 72.7 cm³/mol. The van der Waals surface area contributed by atoms with Gasteiger partial charge in [-0.1, -0.05) is 24.6 Å². The van der Waals surface area contributed by atoms with Gasteiger partial charge in [0.25, 0.3) is 5.89 Å². The fourth-order valence-electron chi connectivity index (χ4n) is 2.54. The predicted octanol–water partition coefficient (Wildman–Crippen LogP) is 2.14. The number of hydrogen-bond donors (Lipinski definition) is 1. The number of aromatic nitrogens is 2. The molecule has 0 atom stereocenters. The van der Waals surface area contributed by atoms with E-state index in [2.05, 4.69) is 22.0 Å². The highest BCUT2D eigenvalue weighted by molar-refractivity contribution is 7.13. The van der Waals surface area contributed by atoms with E-state index in [0.29, 0.717) is 31.3 Å². The van der Waals surface area contributed by atoms with E-state index >= 15 is 0 Å². The van der Waals surface area contributed by atoms with E-state index in [1.807, 2.05) is 17.5 Å². The van der Waals surface area contributed by atoms with E-state index in [1.54, 1.807) is 11.3 Å². The molecule has 0 spiro atoms. The Balaban J connectivity index is 1.58. The van der Waals surface area contributed by atoms with Crippen LogP contribution in [0.3, 0.4) is 0 Å². The van der Waals surface area contributed by atoms with Crippen molar-refractivity contribution in [1.82, 2.24) is 15.0 Å². The fourth-order valence-corrected chi connectivity index (χ4v) is 3.18. The van der Waals surface area contributed by atoms with E-state index in [9.17, 15) is 5.11 Å². The Morgan fingerprint density at radius 1 is 1.53 bits per heavy atom. The van der Waals surface area contributed by atoms with Crippen LogP contribution < -0.4 is 0 Å². The van der Waals surface area contributed by atoms with Gasteiger partial charge in [-0.15, -0.1) is 11.3 Å². The van der Waals surface area contributed by atoms with Gasteiger partial charge in [0.2, 0.25) is 0 Å². The highest BCUT2D eigenvalue weighted by Gasteiger charge is 2.40. The minimum Gasteiger partial charge on any atom is -0.387 e. The van der Waals surface area contributed by atoms with Crippen LogP contribution in [0, 0.1) is 0 Å². The molecule has 1 N–H and O–H groups in total. The zero-order valence-corrected chi connectivity index (χ0v) is 11.7. The van der Waals surface area contributed by atoms with Crippen LogP contribution in [0.5, 0.6) is 0 Å². The quantitative estimate of drug-likeness (QED) is 0.908. The zero-order chi connectivity index (χ0) is 13.3. The van der Waals surface area contributed by atoms with Gasteiger partial charge in [0.1, 0.15) is 0 Å². The number of likely N-dealkylation sites (tertiary alicyclic amines) is 1. The highest BCUT2D eigenvalue weighted by atomic mass is 32.1. The van der Waals surface area contributed by atoms with Crippen LogP contribution in [-0.4, -0.2) is 38.8 Å². The molecule has 6 heteroatoms. The normalized spacial score (nSPS) is 18.4. The van der Waals surface area contributed by atoms with Crippen LogP contribution in [0.4, 0.5) is 0 Å². The molecule has 3 rings (SSSR count). The summed E-state index contributed by atoms with van der Waals surface area (Å²) in [5.41, 5.74) is -0.505. The molecule has 102 valence electrons. The first-order valence-electron chi connectivity index (χ1n) is 6.50. The van der Waals surface area contributed by atoms with Gasteiger partial charge in [0, 0.05) is 13.1 Å². The second-order valence-corrected chi connectivity index (χ2v) is 6.06. The summed E-state index contributed by atoms with van der Waals surface area (Å²) < 4.78 is 5.24. The van der Waals surface area contributed by atoms with Crippen molar-refractivity contribution >= 4 is 11.3 Å². The Bertz CT molecular complexity index is 532. The van der Waals surface area contributed by atoms with E-state index in [0.717, 1.165) is 17.7 Å². The average molecular weight is 279 g/mol. The Morgan fingerprint density at radius 2 is 2.37 bits per heavy atom. The SMILES string of the molecule is CCCC1(O)CN(Cc2noc(-c3cccs3)n2)C1. The van der Waals surface area contributed by atoms with Crippen molar-refractivity contribution < 1.29 is 9.63 Å². The first-order valence-corrected chi connectivity index (χ1v) is 7.38. The van der Waals surface area contributed by atoms with Crippen molar-refractivity contribution in [2.45, 2.75) is 31.9 Å². The monoisotopic (exact) mass is 279 g/mol. The molecule has 1 fully saturated rings. The van der Waals surface area contributed by atoms with Crippen molar-refractivity contribution in [2.75, 3.05) is 13.1 Å². The number of thiophene rings is 1. The number of hydrogen-bond acceptors (Lipinski definition) is 6. The third kappa shape index (κ3) is 2.70. The minimum atomic E-state index is -0.505. The van der Waals surface area contributed by atoms with Crippen molar-refractivity contribution in [3.8, 4) is 10.8 Å². The lowest BCUT2D eigenvalue weighted by Gasteiger charge is -2.46. The van der Waals surface area contributed by atoms with Gasteiger partial charge in [-0.2, -0.15) is 4.98 Å². The molecular weight excluding hydrogens is 262 g/mol. The summed E-state index contributed by atoms with van der Waals surface area (Å²) in [5, 5.41) is 16.1. The summed E-state index contributed by atoms with van der Waals surface area (Å²) in [6.45, 7) is 4.13. The van der Waals surface area contributed by atoms with Gasteiger partial charge in [0.15, 0.2) is 5.82 Å². The Hall–Kier alpha value is -1.24. The number of aliphatic hydroxyl groups is 1. The maximum absolute atomic E-state index is 10.1. The fraction of sp³-hybridized carbons (Fsp3) is 0.538. The molecule has 2 aromatic heterocycles. The average Bonchev–Trinajstić information content (AvgIpc) is 2.96. The second-order valence-electron chi connectivity index (χ2n) is 5.11. The third-order valence-electron chi connectivity index (χ3n) is 3.32. The first-order chi connectivity index (χ1) is 9.18. The number of nitrogens with zero attached hydrogens (tertiary/aromatic N) is 3. The van der Waals surface area contributed by atoms with Crippen molar-refractivity contribution in [1.29, 1.82) is 0 Å². The van der Waals surface area contributed by atoms with E-state index in [1.165, 1.54) is 0 Å². The summed E-state index contributed by atoms with van der Waals surface area (Å²) in [4.78, 5) is 7.51. The van der Waals surface area contributed by atoms with Gasteiger partial charge < -0.3 is 9.63 Å². The lowest BCUT2D eigenvalue weighted by atomic mass is 9.89. The van der Waals surface area contributed by atoms with Gasteiger partial charge in [-0.25, -0.2) is 0 Å². The minimum absolute atomic E-state index is 0.505. The Morgan fingerprint density at radius 3 is 3.05 bits per heavy atom. The summed E-state index contributed by atoms with van der Waals surface area (Å²) in [6, 6.07) is 3.93. The molecular formula is C13H17N3O2S. The zero-order valence-electron chi connectivity index (χ0n) is 10.9. The van der Waals surface area contributed by atoms with Crippen LogP contribution in [0.15, 0.2) is 22.0 Å². The van der Waals surface area contributed by atoms with Crippen molar-refractivity contribution in [2.24, 2.45) is 0 Å². The summed E-state index contributed by atoms with van der Waals surface area (Å²) in [6.07, 6.45) is 1.87. The van der Waals surface area contributed by atoms with Crippen molar-refractivity contribution in [3.63, 3.8) is 0 Å². The molecule has 0 bridgehead atoms. The molecule has 19 heavy (non-hydrogen) atoms. The van der Waals surface area contributed by atoms with Crippen LogP contribution in [0.2, 0.25) is 0 Å². The van der Waals surface area contributed by atoms with Gasteiger partial charge in [-0.3, -0.25) is 4.90 Å². The van der Waals surface area contributed by atoms with Gasteiger partial charge in [0.05, 0.1) is 17.0 Å². The van der Waals surface area contributed by atoms with Crippen molar-refractivity contribution in [3.05, 3.63) is 23.3 Å². The summed E-state index contributed by atoms with van der Waals surface area (Å²) in [5.74, 6) is 1.26. The Labute approximate surface area is 115 Å². The smallest absolute Gasteiger partial charge is 0.268 e. The molecule has 3 heterocycles. The molecule has 1 saturated heterocycles. The molecule has 0 aromatic carbocycles. The van der Waals surface area contributed by atoms with Crippen LogP contribution >= 0.6 is 11.3 Å². The lowest BCUT2D eigenvalue weighted by Crippen LogP contribution is -2.61. The largest absolute Gasteiger partial charge is 0.387 e. The lowest BCUT2D eigenvalue weighted by molar-refractivity contribution is -0.107. The molecule has 0 radical (unpaired) electrons. The summed E-state index contributed by atoms with van der Waals surface area (Å²) in [7, 11) is 0. The molecule has 1 aliphatic rings. The standard InChI is InChI=1S/C13H17N3O2S/c1-2-5-13(17)8-16(9-13)7-11-14-12(18-15-11)10-4-3-6-19-10/h3-4,6,17H,2,5,7-9H2,1H3. The van der Waals surface area contributed by atoms with Crippen LogP contribution in [0.25, 0.3) is 10.8 Å². The van der Waals surface area contributed by atoms with Gasteiger partial charge in [-0.05, 0) is 17.9 Å². The van der Waals surface area contributed by atoms with E-state index < -0.39 is 5.60 Å². The second kappa shape index (κ2) is 5.03. The molecule has 1 aliphatic heterocycles. The number of rotatable bonds is 5. The topological polar surface area (TPSA) is 62.4 Å². The Kier molecular flexibility index (Phi) is 3.38. The first kappa shape index (κ1) is 12.8. The molecule has 2 aromatic rings. The highest BCUT2D eigenvalue weighted by Crippen LogP contribution is 2.27. The molecule has 0 amide bonds. The van der Waals surface area contributed by atoms with E-state index in [-0.39, 0.29) is 0 Å². The maximum atomic E-state index is 10.1. The van der Waals surface area contributed by atoms with Crippen LogP contribution in [-0.2, 0) is 6.54 Å². The molecule has 0 saturated carbocycles. The molecule has 0 unspecified atom stereocenters. The molecule has 5 nitrogen and oxygen atoms in total. The van der Waals surface area contributed by atoms with Gasteiger partial charge >= 0.3 is 0 Å². The van der Waals surface area contributed by atoms with Crippen LogP contribution in [0.1, 0.15) is 25.6 Å². The molecule has 0 aliphatic carbocycles. The van der Waals surface area contributed by atoms with E-state index in [4.69, 9.17) is 4.52 Å². The third-order valence-corrected chi connectivity index (χ3v) is 4.17. The maximum Gasteiger partial charge on any atom is 0.268 e. The summed E-state index contributed by atoms with van der Waals surface area (Å²) >= 11 is 1.58.